The molecular formula is C35H33N3O2. The van der Waals surface area contributed by atoms with E-state index in [4.69, 9.17) is 0 Å². The number of nitrogens with zero attached hydrogens (tertiary/aromatic N) is 1. The topological polar surface area (TPSA) is 70.1 Å². The zero-order chi connectivity index (χ0) is 27.6. The Hall–Kier alpha value is -4.61. The van der Waals surface area contributed by atoms with Crippen LogP contribution in [0.3, 0.4) is 0 Å². The van der Waals surface area contributed by atoms with Gasteiger partial charge in [-0.3, -0.25) is 4.79 Å². The quantitative estimate of drug-likeness (QED) is 0.170. The molecule has 200 valence electrons. The van der Waals surface area contributed by atoms with Gasteiger partial charge in [-0.25, -0.2) is 0 Å². The number of H-pyrrole nitrogens is 1. The summed E-state index contributed by atoms with van der Waals surface area (Å²) < 4.78 is 2.25. The number of phenols is 1. The molecule has 1 unspecified atom stereocenters. The molecule has 0 aliphatic carbocycles. The summed E-state index contributed by atoms with van der Waals surface area (Å²) in [6.07, 6.45) is 2.12. The first-order valence-electron chi connectivity index (χ1n) is 13.7. The SMILES string of the molecule is CC(=O)c1ccccc1C(C)c1c(CNCc2ccc3ccn(Cc4ccc(O)cc4)c3c2)[nH]c2ccccc12. The lowest BCUT2D eigenvalue weighted by atomic mass is 9.87. The fourth-order valence-electron chi connectivity index (χ4n) is 5.81. The monoisotopic (exact) mass is 527 g/mol. The molecule has 4 aromatic carbocycles. The van der Waals surface area contributed by atoms with Crippen LogP contribution in [0.25, 0.3) is 21.8 Å². The fourth-order valence-corrected chi connectivity index (χ4v) is 5.81. The van der Waals surface area contributed by atoms with E-state index in [-0.39, 0.29) is 17.5 Å². The van der Waals surface area contributed by atoms with Crippen molar-refractivity contribution in [2.75, 3.05) is 0 Å². The first kappa shape index (κ1) is 25.7. The molecule has 0 aliphatic heterocycles. The van der Waals surface area contributed by atoms with E-state index in [0.29, 0.717) is 6.54 Å². The van der Waals surface area contributed by atoms with Crippen molar-refractivity contribution in [1.29, 1.82) is 0 Å². The first-order valence-corrected chi connectivity index (χ1v) is 13.7. The molecule has 0 saturated carbocycles. The molecule has 2 heterocycles. The third-order valence-corrected chi connectivity index (χ3v) is 7.83. The number of nitrogens with one attached hydrogen (secondary N) is 2. The molecule has 6 aromatic rings. The smallest absolute Gasteiger partial charge is 0.160 e. The van der Waals surface area contributed by atoms with Crippen molar-refractivity contribution in [2.45, 2.75) is 39.4 Å². The number of Topliss-reactive ketones (excluding diaryl/α,β-unsaturated/α-hetero) is 1. The number of ketones is 1. The summed E-state index contributed by atoms with van der Waals surface area (Å²) in [4.78, 5) is 16.0. The number of aromatic amines is 1. The molecule has 6 rings (SSSR count). The molecule has 0 spiro atoms. The van der Waals surface area contributed by atoms with Gasteiger partial charge in [-0.15, -0.1) is 0 Å². The van der Waals surface area contributed by atoms with Gasteiger partial charge in [0.15, 0.2) is 5.78 Å². The molecule has 0 radical (unpaired) electrons. The summed E-state index contributed by atoms with van der Waals surface area (Å²) in [7, 11) is 0. The third kappa shape index (κ3) is 5.04. The average molecular weight is 528 g/mol. The van der Waals surface area contributed by atoms with E-state index in [0.717, 1.165) is 41.0 Å². The van der Waals surface area contributed by atoms with Gasteiger partial charge in [0.1, 0.15) is 5.75 Å². The van der Waals surface area contributed by atoms with Crippen LogP contribution in [0.15, 0.2) is 103 Å². The Morgan fingerprint density at radius 2 is 1.65 bits per heavy atom. The van der Waals surface area contributed by atoms with Crippen LogP contribution in [0, 0.1) is 0 Å². The number of aromatic hydroxyl groups is 1. The molecule has 0 saturated heterocycles. The first-order chi connectivity index (χ1) is 19.5. The van der Waals surface area contributed by atoms with Crippen molar-refractivity contribution in [3.8, 4) is 5.75 Å². The van der Waals surface area contributed by atoms with Crippen LogP contribution in [-0.2, 0) is 19.6 Å². The van der Waals surface area contributed by atoms with Crippen LogP contribution in [-0.4, -0.2) is 20.4 Å². The van der Waals surface area contributed by atoms with Gasteiger partial charge in [-0.2, -0.15) is 0 Å². The normalized spacial score (nSPS) is 12.2. The maximum Gasteiger partial charge on any atom is 0.160 e. The van der Waals surface area contributed by atoms with E-state index in [1.165, 1.54) is 27.4 Å². The summed E-state index contributed by atoms with van der Waals surface area (Å²) in [6, 6.07) is 32.5. The zero-order valence-electron chi connectivity index (χ0n) is 22.8. The number of rotatable bonds is 9. The Balaban J connectivity index is 1.24. The van der Waals surface area contributed by atoms with Crippen molar-refractivity contribution in [1.82, 2.24) is 14.9 Å². The lowest BCUT2D eigenvalue weighted by Gasteiger charge is -2.17. The van der Waals surface area contributed by atoms with Crippen LogP contribution in [0.5, 0.6) is 5.75 Å². The van der Waals surface area contributed by atoms with Crippen LogP contribution in [0.4, 0.5) is 0 Å². The highest BCUT2D eigenvalue weighted by atomic mass is 16.3. The van der Waals surface area contributed by atoms with E-state index < -0.39 is 0 Å². The van der Waals surface area contributed by atoms with Crippen molar-refractivity contribution in [2.24, 2.45) is 0 Å². The van der Waals surface area contributed by atoms with Crippen molar-refractivity contribution in [3.63, 3.8) is 0 Å². The minimum Gasteiger partial charge on any atom is -0.508 e. The highest BCUT2D eigenvalue weighted by molar-refractivity contribution is 5.96. The number of para-hydroxylation sites is 1. The average Bonchev–Trinajstić information content (AvgIpc) is 3.54. The lowest BCUT2D eigenvalue weighted by Crippen LogP contribution is -2.15. The number of fused-ring (bicyclic) bond motifs is 2. The lowest BCUT2D eigenvalue weighted by molar-refractivity contribution is 0.101. The van der Waals surface area contributed by atoms with Gasteiger partial charge in [0.2, 0.25) is 0 Å². The molecule has 40 heavy (non-hydrogen) atoms. The number of hydrogen-bond acceptors (Lipinski definition) is 3. The van der Waals surface area contributed by atoms with Crippen LogP contribution in [0.1, 0.15) is 58.1 Å². The van der Waals surface area contributed by atoms with Gasteiger partial charge in [0.25, 0.3) is 0 Å². The molecular weight excluding hydrogens is 494 g/mol. The van der Waals surface area contributed by atoms with Crippen LogP contribution >= 0.6 is 0 Å². The minimum atomic E-state index is 0.0626. The molecule has 2 aromatic heterocycles. The highest BCUT2D eigenvalue weighted by Crippen LogP contribution is 2.35. The Kier molecular flexibility index (Phi) is 6.97. The van der Waals surface area contributed by atoms with Gasteiger partial charge < -0.3 is 20.0 Å². The molecule has 0 amide bonds. The molecule has 0 bridgehead atoms. The number of benzene rings is 4. The maximum atomic E-state index is 12.4. The van der Waals surface area contributed by atoms with Gasteiger partial charge in [0, 0.05) is 59.4 Å². The van der Waals surface area contributed by atoms with Crippen LogP contribution < -0.4 is 5.32 Å². The second-order valence-corrected chi connectivity index (χ2v) is 10.5. The van der Waals surface area contributed by atoms with Gasteiger partial charge in [-0.05, 0) is 64.9 Å². The van der Waals surface area contributed by atoms with E-state index in [1.807, 2.05) is 30.3 Å². The molecule has 3 N–H and O–H groups in total. The standard InChI is InChI=1S/C35H33N3O2/c1-23(29-7-3-4-8-30(29)24(2)39)35-31-9-5-6-10-32(31)37-33(35)21-36-20-26-11-14-27-17-18-38(34(27)19-26)22-25-12-15-28(40)16-13-25/h3-19,23,36-37,40H,20-22H2,1-2H3. The number of phenolic OH excluding ortho intramolecular Hbond substituents is 1. The summed E-state index contributed by atoms with van der Waals surface area (Å²) in [6.45, 7) is 5.99. The Bertz CT molecular complexity index is 1810. The van der Waals surface area contributed by atoms with Crippen molar-refractivity contribution < 1.29 is 9.90 Å². The number of aromatic nitrogens is 2. The molecule has 5 heteroatoms. The number of carbonyl (C=O) groups is 1. The Labute approximate surface area is 234 Å². The van der Waals surface area contributed by atoms with Gasteiger partial charge >= 0.3 is 0 Å². The fraction of sp³-hybridized carbons (Fsp3) is 0.171. The predicted molar refractivity (Wildman–Crippen MR) is 162 cm³/mol. The molecule has 0 fully saturated rings. The van der Waals surface area contributed by atoms with E-state index >= 15 is 0 Å². The summed E-state index contributed by atoms with van der Waals surface area (Å²) in [5.41, 5.74) is 8.86. The number of carbonyl (C=O) groups excluding carboxylic acids is 1. The second kappa shape index (κ2) is 10.9. The van der Waals surface area contributed by atoms with Gasteiger partial charge in [0.05, 0.1) is 0 Å². The Morgan fingerprint density at radius 1 is 0.900 bits per heavy atom. The molecule has 1 atom stereocenters. The largest absolute Gasteiger partial charge is 0.508 e. The van der Waals surface area contributed by atoms with E-state index in [2.05, 4.69) is 82.6 Å². The third-order valence-electron chi connectivity index (χ3n) is 7.83. The summed E-state index contributed by atoms with van der Waals surface area (Å²) in [5.74, 6) is 0.435. The van der Waals surface area contributed by atoms with E-state index in [9.17, 15) is 9.90 Å². The molecule has 0 aliphatic rings. The highest BCUT2D eigenvalue weighted by Gasteiger charge is 2.21. The van der Waals surface area contributed by atoms with Crippen molar-refractivity contribution in [3.05, 3.63) is 137 Å². The second-order valence-electron chi connectivity index (χ2n) is 10.5. The van der Waals surface area contributed by atoms with Crippen molar-refractivity contribution >= 4 is 27.6 Å². The Morgan fingerprint density at radius 3 is 2.48 bits per heavy atom. The summed E-state index contributed by atoms with van der Waals surface area (Å²) >= 11 is 0. The van der Waals surface area contributed by atoms with E-state index in [1.54, 1.807) is 19.1 Å². The summed E-state index contributed by atoms with van der Waals surface area (Å²) in [5, 5.41) is 15.7. The molecule has 5 nitrogen and oxygen atoms in total. The maximum absolute atomic E-state index is 12.4. The zero-order valence-corrected chi connectivity index (χ0v) is 22.8. The van der Waals surface area contributed by atoms with Gasteiger partial charge in [-0.1, -0.05) is 73.7 Å². The minimum absolute atomic E-state index is 0.0626. The predicted octanol–water partition coefficient (Wildman–Crippen LogP) is 7.52. The number of hydrogen-bond donors (Lipinski definition) is 3. The van der Waals surface area contributed by atoms with Crippen LogP contribution in [0.2, 0.25) is 0 Å².